The molecule has 2 aliphatic heterocycles. The summed E-state index contributed by atoms with van der Waals surface area (Å²) < 4.78 is 5.26. The summed E-state index contributed by atoms with van der Waals surface area (Å²) >= 11 is 0. The van der Waals surface area contributed by atoms with Crippen molar-refractivity contribution < 1.29 is 19.2 Å². The number of likely N-dealkylation sites (tertiary alicyclic amines) is 2. The predicted octanol–water partition coefficient (Wildman–Crippen LogP) is 1.27. The van der Waals surface area contributed by atoms with Crippen molar-refractivity contribution in [3.8, 4) is 0 Å². The van der Waals surface area contributed by atoms with E-state index in [-0.39, 0.29) is 11.3 Å². The van der Waals surface area contributed by atoms with E-state index in [4.69, 9.17) is 4.52 Å². The lowest BCUT2D eigenvalue weighted by Gasteiger charge is -2.38. The number of carboxylic acid groups (broad SMARTS) is 1. The molecule has 1 atom stereocenters. The minimum atomic E-state index is -0.892. The number of carboxylic acids is 1. The Labute approximate surface area is 135 Å². The van der Waals surface area contributed by atoms with Gasteiger partial charge in [0.25, 0.3) is 0 Å². The fourth-order valence-corrected chi connectivity index (χ4v) is 3.87. The molecule has 1 aromatic heterocycles. The molecule has 2 saturated heterocycles. The number of carbonyl (C=O) groups excluding carboxylic acids is 1. The van der Waals surface area contributed by atoms with E-state index in [0.717, 1.165) is 43.9 Å². The van der Waals surface area contributed by atoms with E-state index in [1.54, 1.807) is 0 Å². The molecule has 7 nitrogen and oxygen atoms in total. The van der Waals surface area contributed by atoms with Gasteiger partial charge in [-0.2, -0.15) is 0 Å². The van der Waals surface area contributed by atoms with Crippen LogP contribution in [0.15, 0.2) is 10.6 Å². The highest BCUT2D eigenvalue weighted by molar-refractivity contribution is 5.83. The Hall–Kier alpha value is -1.89. The lowest BCUT2D eigenvalue weighted by atomic mass is 9.76. The molecule has 0 aromatic carbocycles. The smallest absolute Gasteiger partial charge is 0.326 e. The molecule has 0 bridgehead atoms. The normalized spacial score (nSPS) is 24.3. The number of hydrogen-bond donors (Lipinski definition) is 1. The van der Waals surface area contributed by atoms with E-state index < -0.39 is 12.0 Å². The van der Waals surface area contributed by atoms with Crippen molar-refractivity contribution >= 4 is 11.9 Å². The van der Waals surface area contributed by atoms with E-state index in [2.05, 4.69) is 10.1 Å². The lowest BCUT2D eigenvalue weighted by molar-refractivity contribution is -0.147. The highest BCUT2D eigenvalue weighted by Crippen LogP contribution is 2.43. The van der Waals surface area contributed by atoms with Crippen LogP contribution >= 0.6 is 0 Å². The average Bonchev–Trinajstić information content (AvgIpc) is 3.06. The van der Waals surface area contributed by atoms with Crippen LogP contribution in [0.3, 0.4) is 0 Å². The summed E-state index contributed by atoms with van der Waals surface area (Å²) in [5.74, 6) is -0.177. The fraction of sp³-hybridized carbons (Fsp3) is 0.688. The Morgan fingerprint density at radius 3 is 2.61 bits per heavy atom. The highest BCUT2D eigenvalue weighted by Gasteiger charge is 2.49. The summed E-state index contributed by atoms with van der Waals surface area (Å²) in [5, 5.41) is 13.3. The minimum absolute atomic E-state index is 0.0530. The summed E-state index contributed by atoms with van der Waals surface area (Å²) in [7, 11) is 0. The molecule has 2 fully saturated rings. The molecule has 23 heavy (non-hydrogen) atoms. The zero-order valence-corrected chi connectivity index (χ0v) is 13.6. The van der Waals surface area contributed by atoms with Gasteiger partial charge >= 0.3 is 5.97 Å². The Balaban J connectivity index is 1.61. The fourth-order valence-electron chi connectivity index (χ4n) is 3.87. The van der Waals surface area contributed by atoms with Crippen molar-refractivity contribution in [3.63, 3.8) is 0 Å². The molecule has 2 aliphatic rings. The molecule has 0 aliphatic carbocycles. The third kappa shape index (κ3) is 3.24. The van der Waals surface area contributed by atoms with E-state index >= 15 is 0 Å². The van der Waals surface area contributed by atoms with Crippen molar-refractivity contribution in [2.24, 2.45) is 5.41 Å². The Bertz CT molecular complexity index is 580. The first-order chi connectivity index (χ1) is 10.9. The van der Waals surface area contributed by atoms with Gasteiger partial charge in [-0.1, -0.05) is 5.16 Å². The summed E-state index contributed by atoms with van der Waals surface area (Å²) in [6, 6.07) is 1.27. The topological polar surface area (TPSA) is 86.9 Å². The molecular formula is C16H23N3O4. The number of carbonyl (C=O) groups is 2. The molecule has 1 amide bonds. The van der Waals surface area contributed by atoms with E-state index in [9.17, 15) is 14.7 Å². The molecule has 0 radical (unpaired) electrons. The second-order valence-corrected chi connectivity index (χ2v) is 6.92. The first-order valence-electron chi connectivity index (χ1n) is 8.03. The second-order valence-electron chi connectivity index (χ2n) is 6.92. The third-order valence-corrected chi connectivity index (χ3v) is 5.17. The maximum Gasteiger partial charge on any atom is 0.326 e. The van der Waals surface area contributed by atoms with Crippen LogP contribution < -0.4 is 0 Å². The first-order valence-corrected chi connectivity index (χ1v) is 8.03. The number of aryl methyl sites for hydroxylation is 1. The van der Waals surface area contributed by atoms with Gasteiger partial charge in [-0.3, -0.25) is 9.69 Å². The summed E-state index contributed by atoms with van der Waals surface area (Å²) in [6.45, 7) is 6.43. The summed E-state index contributed by atoms with van der Waals surface area (Å²) in [5.41, 5.74) is 0.827. The van der Waals surface area contributed by atoms with E-state index in [0.29, 0.717) is 13.0 Å². The Morgan fingerprint density at radius 2 is 2.13 bits per heavy atom. The van der Waals surface area contributed by atoms with Gasteiger partial charge in [0.1, 0.15) is 6.04 Å². The number of rotatable bonds is 3. The van der Waals surface area contributed by atoms with Crippen molar-refractivity contribution in [1.82, 2.24) is 15.0 Å². The van der Waals surface area contributed by atoms with Gasteiger partial charge in [0.05, 0.1) is 12.2 Å². The Kier molecular flexibility index (Phi) is 4.14. The molecule has 7 heteroatoms. The second kappa shape index (κ2) is 5.96. The molecule has 1 unspecified atom stereocenters. The number of hydrogen-bond acceptors (Lipinski definition) is 5. The van der Waals surface area contributed by atoms with Crippen molar-refractivity contribution in [2.75, 3.05) is 19.6 Å². The van der Waals surface area contributed by atoms with Crippen molar-refractivity contribution in [2.45, 2.75) is 45.7 Å². The van der Waals surface area contributed by atoms with Crippen LogP contribution in [-0.4, -0.2) is 57.6 Å². The Morgan fingerprint density at radius 1 is 1.43 bits per heavy atom. The molecular weight excluding hydrogens is 298 g/mol. The molecule has 3 heterocycles. The number of aliphatic carboxylic acids is 1. The zero-order chi connectivity index (χ0) is 16.6. The molecule has 126 valence electrons. The maximum atomic E-state index is 11.7. The van der Waals surface area contributed by atoms with Crippen molar-refractivity contribution in [1.29, 1.82) is 0 Å². The monoisotopic (exact) mass is 321 g/mol. The van der Waals surface area contributed by atoms with Crippen LogP contribution in [0.25, 0.3) is 0 Å². The van der Waals surface area contributed by atoms with Crippen molar-refractivity contribution in [3.05, 3.63) is 17.5 Å². The van der Waals surface area contributed by atoms with E-state index in [1.165, 1.54) is 11.8 Å². The molecule has 1 N–H and O–H groups in total. The minimum Gasteiger partial charge on any atom is -0.480 e. The molecule has 0 saturated carbocycles. The van der Waals surface area contributed by atoms with Crippen LogP contribution in [0.2, 0.25) is 0 Å². The van der Waals surface area contributed by atoms with Gasteiger partial charge in [-0.15, -0.1) is 0 Å². The SMILES string of the molecule is CC(=O)N1CC2(CCN(Cc3cc(C)no3)CC2)CC1C(=O)O. The van der Waals surface area contributed by atoms with Gasteiger partial charge in [0.15, 0.2) is 5.76 Å². The predicted molar refractivity (Wildman–Crippen MR) is 81.6 cm³/mol. The summed E-state index contributed by atoms with van der Waals surface area (Å²) in [6.07, 6.45) is 2.39. The van der Waals surface area contributed by atoms with Gasteiger partial charge in [0.2, 0.25) is 5.91 Å². The molecule has 1 aromatic rings. The quantitative estimate of drug-likeness (QED) is 0.902. The van der Waals surface area contributed by atoms with Crippen LogP contribution in [0.5, 0.6) is 0 Å². The number of nitrogens with zero attached hydrogens (tertiary/aromatic N) is 3. The highest BCUT2D eigenvalue weighted by atomic mass is 16.5. The van der Waals surface area contributed by atoms with Gasteiger partial charge in [-0.05, 0) is 44.7 Å². The van der Waals surface area contributed by atoms with Crippen LogP contribution in [-0.2, 0) is 16.1 Å². The summed E-state index contributed by atoms with van der Waals surface area (Å²) in [4.78, 5) is 27.0. The largest absolute Gasteiger partial charge is 0.480 e. The third-order valence-electron chi connectivity index (χ3n) is 5.17. The maximum absolute atomic E-state index is 11.7. The van der Waals surface area contributed by atoms with Crippen LogP contribution in [0.4, 0.5) is 0 Å². The van der Waals surface area contributed by atoms with Crippen LogP contribution in [0, 0.1) is 12.3 Å². The van der Waals surface area contributed by atoms with Crippen LogP contribution in [0.1, 0.15) is 37.6 Å². The number of aromatic nitrogens is 1. The average molecular weight is 321 g/mol. The standard InChI is InChI=1S/C16H23N3O4/c1-11-7-13(23-17-11)9-18-5-3-16(4-6-18)8-14(15(21)22)19(10-16)12(2)20/h7,14H,3-6,8-10H2,1-2H3,(H,21,22). The van der Waals surface area contributed by atoms with Gasteiger partial charge in [0, 0.05) is 19.5 Å². The van der Waals surface area contributed by atoms with Gasteiger partial charge in [-0.25, -0.2) is 4.79 Å². The number of amides is 1. The molecule has 1 spiro atoms. The van der Waals surface area contributed by atoms with Gasteiger partial charge < -0.3 is 14.5 Å². The molecule has 3 rings (SSSR count). The lowest BCUT2D eigenvalue weighted by Crippen LogP contribution is -2.42. The van der Waals surface area contributed by atoms with E-state index in [1.807, 2.05) is 13.0 Å². The number of piperidine rings is 1. The zero-order valence-electron chi connectivity index (χ0n) is 13.6. The first kappa shape index (κ1) is 16.0.